The molecule has 156 valence electrons. The number of aryl methyl sites for hydroxylation is 2. The molecule has 1 fully saturated rings. The van der Waals surface area contributed by atoms with Crippen LogP contribution in [0.1, 0.15) is 31.9 Å². The van der Waals surface area contributed by atoms with Crippen LogP contribution in [0.25, 0.3) is 0 Å². The summed E-state index contributed by atoms with van der Waals surface area (Å²) < 4.78 is 27.4. The van der Waals surface area contributed by atoms with Crippen LogP contribution in [-0.2, 0) is 14.8 Å². The number of imide groups is 1. The van der Waals surface area contributed by atoms with Crippen molar-refractivity contribution < 1.29 is 18.0 Å². The molecule has 0 aliphatic carbocycles. The fourth-order valence-corrected chi connectivity index (χ4v) is 4.87. The van der Waals surface area contributed by atoms with E-state index in [0.717, 1.165) is 11.1 Å². The van der Waals surface area contributed by atoms with Crippen molar-refractivity contribution in [3.8, 4) is 0 Å². The summed E-state index contributed by atoms with van der Waals surface area (Å²) in [5.41, 5.74) is 1.62. The molecule has 1 aliphatic rings. The predicted octanol–water partition coefficient (Wildman–Crippen LogP) is 1.23. The summed E-state index contributed by atoms with van der Waals surface area (Å²) in [5, 5.41) is 4.94. The SMILES string of the molecule is Cc1ccc(C)c(S(=O)(=O)N2CCN([C@H](C)C(=O)NC(=O)NC(C)C)CC2)c1. The Bertz CT molecular complexity index is 830. The Morgan fingerprint density at radius 2 is 1.64 bits per heavy atom. The van der Waals surface area contributed by atoms with Crippen molar-refractivity contribution in [1.29, 1.82) is 0 Å². The Morgan fingerprint density at radius 3 is 2.21 bits per heavy atom. The van der Waals surface area contributed by atoms with Gasteiger partial charge in [0.1, 0.15) is 0 Å². The summed E-state index contributed by atoms with van der Waals surface area (Å²) >= 11 is 0. The van der Waals surface area contributed by atoms with E-state index in [-0.39, 0.29) is 6.04 Å². The molecule has 1 saturated heterocycles. The lowest BCUT2D eigenvalue weighted by molar-refractivity contribution is -0.125. The number of piperazine rings is 1. The number of carbonyl (C=O) groups is 2. The average Bonchev–Trinajstić information content (AvgIpc) is 2.62. The molecule has 2 N–H and O–H groups in total. The predicted molar refractivity (Wildman–Crippen MR) is 108 cm³/mol. The summed E-state index contributed by atoms with van der Waals surface area (Å²) in [6, 6.07) is 4.28. The molecule has 1 heterocycles. The molecule has 8 nitrogen and oxygen atoms in total. The first-order valence-corrected chi connectivity index (χ1v) is 10.9. The molecule has 0 radical (unpaired) electrons. The zero-order chi connectivity index (χ0) is 21.1. The van der Waals surface area contributed by atoms with Gasteiger partial charge < -0.3 is 5.32 Å². The van der Waals surface area contributed by atoms with E-state index in [9.17, 15) is 18.0 Å². The molecule has 0 spiro atoms. The lowest BCUT2D eigenvalue weighted by Gasteiger charge is -2.36. The maximum absolute atomic E-state index is 13.0. The van der Waals surface area contributed by atoms with E-state index >= 15 is 0 Å². The molecule has 0 aromatic heterocycles. The number of nitrogens with zero attached hydrogens (tertiary/aromatic N) is 2. The highest BCUT2D eigenvalue weighted by molar-refractivity contribution is 7.89. The first-order valence-electron chi connectivity index (χ1n) is 9.45. The minimum Gasteiger partial charge on any atom is -0.336 e. The van der Waals surface area contributed by atoms with Crippen LogP contribution in [0.4, 0.5) is 4.79 Å². The number of benzene rings is 1. The molecule has 1 aromatic rings. The number of carbonyl (C=O) groups excluding carboxylic acids is 2. The summed E-state index contributed by atoms with van der Waals surface area (Å²) in [4.78, 5) is 26.2. The van der Waals surface area contributed by atoms with Crippen LogP contribution >= 0.6 is 0 Å². The maximum Gasteiger partial charge on any atom is 0.321 e. The zero-order valence-electron chi connectivity index (χ0n) is 17.2. The van der Waals surface area contributed by atoms with Crippen molar-refractivity contribution in [3.05, 3.63) is 29.3 Å². The van der Waals surface area contributed by atoms with Crippen molar-refractivity contribution in [2.24, 2.45) is 0 Å². The largest absolute Gasteiger partial charge is 0.336 e. The average molecular weight is 411 g/mol. The first kappa shape index (κ1) is 22.3. The molecule has 0 unspecified atom stereocenters. The van der Waals surface area contributed by atoms with Crippen LogP contribution in [0.3, 0.4) is 0 Å². The van der Waals surface area contributed by atoms with Gasteiger partial charge in [0.15, 0.2) is 0 Å². The molecule has 0 saturated carbocycles. The van der Waals surface area contributed by atoms with E-state index in [0.29, 0.717) is 31.1 Å². The molecule has 1 atom stereocenters. The Morgan fingerprint density at radius 1 is 1.04 bits per heavy atom. The van der Waals surface area contributed by atoms with Gasteiger partial charge in [0, 0.05) is 32.2 Å². The Balaban J connectivity index is 1.99. The highest BCUT2D eigenvalue weighted by atomic mass is 32.2. The van der Waals surface area contributed by atoms with Gasteiger partial charge in [0.2, 0.25) is 15.9 Å². The second-order valence-electron chi connectivity index (χ2n) is 7.50. The van der Waals surface area contributed by atoms with E-state index < -0.39 is 28.0 Å². The van der Waals surface area contributed by atoms with Gasteiger partial charge in [-0.2, -0.15) is 4.31 Å². The smallest absolute Gasteiger partial charge is 0.321 e. The summed E-state index contributed by atoms with van der Waals surface area (Å²) in [5.74, 6) is -0.399. The Labute approximate surface area is 167 Å². The molecule has 28 heavy (non-hydrogen) atoms. The van der Waals surface area contributed by atoms with Crippen LogP contribution in [0, 0.1) is 13.8 Å². The lowest BCUT2D eigenvalue weighted by Crippen LogP contribution is -2.56. The molecule has 9 heteroatoms. The highest BCUT2D eigenvalue weighted by Gasteiger charge is 2.32. The van der Waals surface area contributed by atoms with Gasteiger partial charge in [-0.15, -0.1) is 0 Å². The molecule has 0 bridgehead atoms. The van der Waals surface area contributed by atoms with Crippen molar-refractivity contribution in [2.75, 3.05) is 26.2 Å². The van der Waals surface area contributed by atoms with Gasteiger partial charge in [0.25, 0.3) is 0 Å². The monoisotopic (exact) mass is 410 g/mol. The van der Waals surface area contributed by atoms with Crippen LogP contribution < -0.4 is 10.6 Å². The van der Waals surface area contributed by atoms with Crippen molar-refractivity contribution in [3.63, 3.8) is 0 Å². The van der Waals surface area contributed by atoms with Gasteiger partial charge in [0.05, 0.1) is 10.9 Å². The van der Waals surface area contributed by atoms with Gasteiger partial charge >= 0.3 is 6.03 Å². The molecule has 2 rings (SSSR count). The first-order chi connectivity index (χ1) is 13.0. The van der Waals surface area contributed by atoms with E-state index in [2.05, 4.69) is 10.6 Å². The summed E-state index contributed by atoms with van der Waals surface area (Å²) in [6.45, 7) is 10.4. The highest BCUT2D eigenvalue weighted by Crippen LogP contribution is 2.22. The van der Waals surface area contributed by atoms with Crippen LogP contribution in [0.15, 0.2) is 23.1 Å². The molecule has 1 aromatic carbocycles. The standard InChI is InChI=1S/C19H30N4O4S/c1-13(2)20-19(25)21-18(24)16(5)22-8-10-23(11-9-22)28(26,27)17-12-14(3)6-7-15(17)4/h6-7,12-13,16H,8-11H2,1-5H3,(H2,20,21,24,25)/t16-/m1/s1. The van der Waals surface area contributed by atoms with Crippen molar-refractivity contribution >= 4 is 22.0 Å². The number of amides is 3. The number of nitrogens with one attached hydrogen (secondary N) is 2. The fraction of sp³-hybridized carbons (Fsp3) is 0.579. The van der Waals surface area contributed by atoms with Crippen molar-refractivity contribution in [2.45, 2.75) is 51.6 Å². The van der Waals surface area contributed by atoms with Crippen molar-refractivity contribution in [1.82, 2.24) is 19.8 Å². The van der Waals surface area contributed by atoms with Crippen LogP contribution in [0.2, 0.25) is 0 Å². The Kier molecular flexibility index (Phi) is 7.19. The number of hydrogen-bond donors (Lipinski definition) is 2. The second kappa shape index (κ2) is 9.02. The zero-order valence-corrected chi connectivity index (χ0v) is 18.0. The van der Waals surface area contributed by atoms with Crippen LogP contribution in [-0.4, -0.2) is 67.8 Å². The third kappa shape index (κ3) is 5.30. The van der Waals surface area contributed by atoms with Gasteiger partial charge in [-0.1, -0.05) is 12.1 Å². The Hall–Kier alpha value is -1.97. The second-order valence-corrected chi connectivity index (χ2v) is 9.41. The number of rotatable bonds is 5. The number of urea groups is 1. The maximum atomic E-state index is 13.0. The molecular weight excluding hydrogens is 380 g/mol. The third-order valence-electron chi connectivity index (χ3n) is 4.82. The topological polar surface area (TPSA) is 98.8 Å². The lowest BCUT2D eigenvalue weighted by atomic mass is 10.2. The summed E-state index contributed by atoms with van der Waals surface area (Å²) in [6.07, 6.45) is 0. The minimum atomic E-state index is -3.58. The van der Waals surface area contributed by atoms with E-state index in [1.54, 1.807) is 19.9 Å². The van der Waals surface area contributed by atoms with Gasteiger partial charge in [-0.05, 0) is 51.8 Å². The van der Waals surface area contributed by atoms with Crippen LogP contribution in [0.5, 0.6) is 0 Å². The summed E-state index contributed by atoms with van der Waals surface area (Å²) in [7, 11) is -3.58. The normalized spacial score (nSPS) is 17.4. The van der Waals surface area contributed by atoms with E-state index in [4.69, 9.17) is 0 Å². The van der Waals surface area contributed by atoms with Gasteiger partial charge in [-0.25, -0.2) is 13.2 Å². The van der Waals surface area contributed by atoms with E-state index in [1.165, 1.54) is 4.31 Å². The van der Waals surface area contributed by atoms with E-state index in [1.807, 2.05) is 37.8 Å². The third-order valence-corrected chi connectivity index (χ3v) is 6.86. The molecule has 1 aliphatic heterocycles. The number of sulfonamides is 1. The van der Waals surface area contributed by atoms with Gasteiger partial charge in [-0.3, -0.25) is 15.0 Å². The molecule has 3 amide bonds. The molecular formula is C19H30N4O4S. The minimum absolute atomic E-state index is 0.0677. The number of hydrogen-bond acceptors (Lipinski definition) is 5. The quantitative estimate of drug-likeness (QED) is 0.761. The fourth-order valence-electron chi connectivity index (χ4n) is 3.14.